The van der Waals surface area contributed by atoms with Gasteiger partial charge in [0.2, 0.25) is 11.8 Å². The summed E-state index contributed by atoms with van der Waals surface area (Å²) in [4.78, 5) is 48.3. The number of aliphatic carboxylic acids is 1. The van der Waals surface area contributed by atoms with Crippen molar-refractivity contribution >= 4 is 17.8 Å². The first-order valence-electron chi connectivity index (χ1n) is 10.5. The smallest absolute Gasteiger partial charge is 0.323 e. The van der Waals surface area contributed by atoms with Crippen molar-refractivity contribution in [3.63, 3.8) is 0 Å². The molecule has 0 aromatic carbocycles. The number of hydrogen-bond acceptors (Lipinski definition) is 6. The summed E-state index contributed by atoms with van der Waals surface area (Å²) in [5.41, 5.74) is 1.00. The minimum atomic E-state index is -1.01. The lowest BCUT2D eigenvalue weighted by atomic mass is 9.98. The summed E-state index contributed by atoms with van der Waals surface area (Å²) in [6.07, 6.45) is 2.66. The van der Waals surface area contributed by atoms with Crippen molar-refractivity contribution in [1.82, 2.24) is 24.6 Å². The zero-order valence-corrected chi connectivity index (χ0v) is 17.6. The van der Waals surface area contributed by atoms with Gasteiger partial charge in [-0.1, -0.05) is 6.07 Å². The summed E-state index contributed by atoms with van der Waals surface area (Å²) in [6.45, 7) is 4.68. The molecule has 3 rings (SSSR count). The van der Waals surface area contributed by atoms with Crippen molar-refractivity contribution in [3.8, 4) is 0 Å². The van der Waals surface area contributed by atoms with E-state index in [0.29, 0.717) is 45.6 Å². The molecular formula is C21H31N5O4. The van der Waals surface area contributed by atoms with Gasteiger partial charge in [0.15, 0.2) is 0 Å². The molecule has 9 heteroatoms. The maximum absolute atomic E-state index is 13.0. The quantitative estimate of drug-likeness (QED) is 0.719. The van der Waals surface area contributed by atoms with Crippen molar-refractivity contribution in [1.29, 1.82) is 0 Å². The third-order valence-corrected chi connectivity index (χ3v) is 5.72. The molecule has 1 N–H and O–H groups in total. The number of nitrogens with zero attached hydrogens (tertiary/aromatic N) is 5. The Hall–Kier alpha value is -2.52. The maximum atomic E-state index is 13.0. The van der Waals surface area contributed by atoms with E-state index in [1.165, 1.54) is 4.90 Å². The molecule has 2 amide bonds. The summed E-state index contributed by atoms with van der Waals surface area (Å²) in [6, 6.07) is 5.85. The predicted octanol–water partition coefficient (Wildman–Crippen LogP) is -0.0192. The van der Waals surface area contributed by atoms with E-state index < -0.39 is 5.97 Å². The molecule has 1 aromatic rings. The SMILES string of the molecule is CN1CCC(=O)N(CC(=O)O)CCCN(C(=O)C2CN(Cc3ccccn3)C2)CC1. The minimum absolute atomic E-state index is 0.0131. The number of carboxylic acids is 1. The second kappa shape index (κ2) is 10.5. The van der Waals surface area contributed by atoms with Gasteiger partial charge in [0, 0.05) is 65.0 Å². The Morgan fingerprint density at radius 2 is 1.93 bits per heavy atom. The summed E-state index contributed by atoms with van der Waals surface area (Å²) in [7, 11) is 1.92. The number of likely N-dealkylation sites (N-methyl/N-ethyl adjacent to an activating group) is 1. The Morgan fingerprint density at radius 3 is 2.63 bits per heavy atom. The molecule has 1 aromatic heterocycles. The van der Waals surface area contributed by atoms with Gasteiger partial charge in [-0.2, -0.15) is 0 Å². The van der Waals surface area contributed by atoms with Gasteiger partial charge in [0.05, 0.1) is 11.6 Å². The zero-order chi connectivity index (χ0) is 21.5. The van der Waals surface area contributed by atoms with Crippen LogP contribution in [-0.4, -0.2) is 107 Å². The van der Waals surface area contributed by atoms with Gasteiger partial charge in [-0.25, -0.2) is 0 Å². The summed E-state index contributed by atoms with van der Waals surface area (Å²) >= 11 is 0. The van der Waals surface area contributed by atoms with Crippen molar-refractivity contribution in [2.45, 2.75) is 19.4 Å². The zero-order valence-electron chi connectivity index (χ0n) is 17.6. The molecule has 0 saturated carbocycles. The van der Waals surface area contributed by atoms with Gasteiger partial charge >= 0.3 is 5.97 Å². The van der Waals surface area contributed by atoms with E-state index in [2.05, 4.69) is 9.88 Å². The number of rotatable bonds is 5. The molecule has 0 radical (unpaired) electrons. The minimum Gasteiger partial charge on any atom is -0.480 e. The van der Waals surface area contributed by atoms with Gasteiger partial charge in [0.25, 0.3) is 0 Å². The van der Waals surface area contributed by atoms with Crippen molar-refractivity contribution < 1.29 is 19.5 Å². The van der Waals surface area contributed by atoms with E-state index in [4.69, 9.17) is 5.11 Å². The molecule has 0 aliphatic carbocycles. The van der Waals surface area contributed by atoms with Gasteiger partial charge in [-0.15, -0.1) is 0 Å². The van der Waals surface area contributed by atoms with E-state index in [1.807, 2.05) is 35.0 Å². The highest BCUT2D eigenvalue weighted by atomic mass is 16.4. The van der Waals surface area contributed by atoms with E-state index in [-0.39, 0.29) is 24.3 Å². The van der Waals surface area contributed by atoms with Crippen LogP contribution in [0.2, 0.25) is 0 Å². The van der Waals surface area contributed by atoms with Crippen LogP contribution in [-0.2, 0) is 20.9 Å². The van der Waals surface area contributed by atoms with Crippen LogP contribution in [0, 0.1) is 5.92 Å². The normalized spacial score (nSPS) is 20.5. The monoisotopic (exact) mass is 417 g/mol. The topological polar surface area (TPSA) is 97.3 Å². The molecule has 2 fully saturated rings. The van der Waals surface area contributed by atoms with Crippen LogP contribution in [0.15, 0.2) is 24.4 Å². The number of likely N-dealkylation sites (tertiary alicyclic amines) is 1. The Labute approximate surface area is 177 Å². The number of carbonyl (C=O) groups excluding carboxylic acids is 2. The lowest BCUT2D eigenvalue weighted by Crippen LogP contribution is -2.55. The van der Waals surface area contributed by atoms with Crippen molar-refractivity contribution in [2.24, 2.45) is 5.92 Å². The maximum Gasteiger partial charge on any atom is 0.323 e. The molecule has 9 nitrogen and oxygen atoms in total. The fraction of sp³-hybridized carbons (Fsp3) is 0.619. The summed E-state index contributed by atoms with van der Waals surface area (Å²) < 4.78 is 0. The number of hydrogen-bond donors (Lipinski definition) is 1. The number of carboxylic acid groups (broad SMARTS) is 1. The average molecular weight is 418 g/mol. The standard InChI is InChI=1S/C21H31N5O4/c1-23-10-6-19(27)26(16-20(28)29)9-4-8-25(12-11-23)21(30)17-13-24(14-17)15-18-5-2-3-7-22-18/h2-3,5,7,17H,4,6,8-16H2,1H3,(H,28,29). The fourth-order valence-corrected chi connectivity index (χ4v) is 3.92. The van der Waals surface area contributed by atoms with Crippen LogP contribution >= 0.6 is 0 Å². The summed E-state index contributed by atoms with van der Waals surface area (Å²) in [5.74, 6) is -1.02. The molecule has 3 heterocycles. The number of amides is 2. The van der Waals surface area contributed by atoms with E-state index in [0.717, 1.165) is 25.3 Å². The Morgan fingerprint density at radius 1 is 1.13 bits per heavy atom. The fourth-order valence-electron chi connectivity index (χ4n) is 3.92. The summed E-state index contributed by atoms with van der Waals surface area (Å²) in [5, 5.41) is 9.08. The molecule has 164 valence electrons. The highest BCUT2D eigenvalue weighted by Gasteiger charge is 2.35. The molecule has 0 atom stereocenters. The number of pyridine rings is 1. The van der Waals surface area contributed by atoms with E-state index in [9.17, 15) is 14.4 Å². The second-order valence-electron chi connectivity index (χ2n) is 8.15. The number of aromatic nitrogens is 1. The Bertz CT molecular complexity index is 738. The van der Waals surface area contributed by atoms with Crippen LogP contribution in [0.3, 0.4) is 0 Å². The third-order valence-electron chi connectivity index (χ3n) is 5.72. The first kappa shape index (κ1) is 22.2. The highest BCUT2D eigenvalue weighted by Crippen LogP contribution is 2.20. The molecule has 0 unspecified atom stereocenters. The molecule has 2 saturated heterocycles. The third kappa shape index (κ3) is 6.24. The largest absolute Gasteiger partial charge is 0.480 e. The molecule has 2 aliphatic heterocycles. The van der Waals surface area contributed by atoms with Crippen molar-refractivity contribution in [2.75, 3.05) is 59.4 Å². The Kier molecular flexibility index (Phi) is 7.75. The lowest BCUT2D eigenvalue weighted by molar-refractivity contribution is -0.145. The molecule has 0 bridgehead atoms. The van der Waals surface area contributed by atoms with E-state index in [1.54, 1.807) is 6.20 Å². The van der Waals surface area contributed by atoms with Crippen LogP contribution in [0.5, 0.6) is 0 Å². The second-order valence-corrected chi connectivity index (χ2v) is 8.15. The van der Waals surface area contributed by atoms with Gasteiger partial charge in [-0.05, 0) is 25.6 Å². The molecule has 2 aliphatic rings. The first-order chi connectivity index (χ1) is 14.4. The van der Waals surface area contributed by atoms with Crippen molar-refractivity contribution in [3.05, 3.63) is 30.1 Å². The average Bonchev–Trinajstić information content (AvgIpc) is 2.72. The lowest BCUT2D eigenvalue weighted by Gasteiger charge is -2.40. The van der Waals surface area contributed by atoms with E-state index >= 15 is 0 Å². The highest BCUT2D eigenvalue weighted by molar-refractivity contribution is 5.81. The Balaban J connectivity index is 1.54. The molecular weight excluding hydrogens is 386 g/mol. The van der Waals surface area contributed by atoms with Gasteiger partial charge in [0.1, 0.15) is 6.54 Å². The first-order valence-corrected chi connectivity index (χ1v) is 10.5. The molecule has 30 heavy (non-hydrogen) atoms. The molecule has 0 spiro atoms. The van der Waals surface area contributed by atoms with Gasteiger partial charge < -0.3 is 19.8 Å². The van der Waals surface area contributed by atoms with Gasteiger partial charge in [-0.3, -0.25) is 24.3 Å². The number of carbonyl (C=O) groups is 3. The van der Waals surface area contributed by atoms with Crippen LogP contribution < -0.4 is 0 Å². The van der Waals surface area contributed by atoms with Crippen LogP contribution in [0.4, 0.5) is 0 Å². The van der Waals surface area contributed by atoms with Crippen LogP contribution in [0.1, 0.15) is 18.5 Å². The predicted molar refractivity (Wildman–Crippen MR) is 111 cm³/mol. The van der Waals surface area contributed by atoms with Crippen LogP contribution in [0.25, 0.3) is 0 Å².